The molecule has 0 amide bonds. The van der Waals surface area contributed by atoms with Gasteiger partial charge in [0, 0.05) is 36.6 Å². The van der Waals surface area contributed by atoms with Crippen LogP contribution in [-0.2, 0) is 5.41 Å². The third-order valence-corrected chi connectivity index (χ3v) is 16.3. The summed E-state index contributed by atoms with van der Waals surface area (Å²) in [5.41, 5.74) is 8.54. The number of nitrogens with zero attached hydrogens (tertiary/aromatic N) is 1. The largest absolute Gasteiger partial charge is 0.309 e. The first-order chi connectivity index (χ1) is 26.3. The molecule has 0 fully saturated rings. The Labute approximate surface area is 319 Å². The number of para-hydroxylation sites is 1. The Hall–Kier alpha value is -5.65. The molecule has 8 aromatic carbocycles. The standard InChI is InChI=1S/C49H32NS2Si/c1-3-16-33(17-4-1)50(42-25-15-21-37-36-20-7-11-26-43(36)52-48(37)42)34-30-31-47-41(32-34)49(38-22-8-12-27-44(38)51-45-28-13-9-23-39(45)49)40-24-10-14-29-46(40)53(47)35-18-5-2-6-19-35/h1-32H. The highest BCUT2D eigenvalue weighted by molar-refractivity contribution is 7.99. The van der Waals surface area contributed by atoms with E-state index in [1.54, 1.807) is 0 Å². The maximum absolute atomic E-state index is 2.56. The summed E-state index contributed by atoms with van der Waals surface area (Å²) in [5.74, 6) is 0. The minimum absolute atomic E-state index is 0.491. The lowest BCUT2D eigenvalue weighted by Gasteiger charge is -2.48. The van der Waals surface area contributed by atoms with Crippen LogP contribution in [0, 0.1) is 0 Å². The topological polar surface area (TPSA) is 3.24 Å². The molecule has 0 bridgehead atoms. The van der Waals surface area contributed by atoms with Crippen LogP contribution in [0.4, 0.5) is 17.1 Å². The third kappa shape index (κ3) is 4.56. The summed E-state index contributed by atoms with van der Waals surface area (Å²) in [6.45, 7) is 0. The fourth-order valence-electron chi connectivity index (χ4n) is 8.92. The van der Waals surface area contributed by atoms with Crippen LogP contribution in [0.1, 0.15) is 22.3 Å². The smallest absolute Gasteiger partial charge is 0.155 e. The van der Waals surface area contributed by atoms with E-state index in [-0.39, 0.29) is 0 Å². The van der Waals surface area contributed by atoms with Crippen LogP contribution in [0.2, 0.25) is 0 Å². The highest BCUT2D eigenvalue weighted by Gasteiger charge is 2.51. The van der Waals surface area contributed by atoms with Gasteiger partial charge in [-0.25, -0.2) is 0 Å². The zero-order chi connectivity index (χ0) is 34.9. The van der Waals surface area contributed by atoms with Gasteiger partial charge in [0.1, 0.15) is 0 Å². The first kappa shape index (κ1) is 30.9. The zero-order valence-corrected chi connectivity index (χ0v) is 31.4. The molecular formula is C49H32NS2Si. The van der Waals surface area contributed by atoms with Crippen LogP contribution in [0.25, 0.3) is 20.2 Å². The molecule has 11 rings (SSSR count). The molecule has 0 saturated heterocycles. The summed E-state index contributed by atoms with van der Waals surface area (Å²) in [6, 6.07) is 72.8. The highest BCUT2D eigenvalue weighted by atomic mass is 32.2. The molecule has 2 aliphatic rings. The summed E-state index contributed by atoms with van der Waals surface area (Å²) in [7, 11) is -1.36. The lowest BCUT2D eigenvalue weighted by Crippen LogP contribution is -2.62. The van der Waals surface area contributed by atoms with Crippen molar-refractivity contribution >= 4 is 84.7 Å². The van der Waals surface area contributed by atoms with E-state index in [0.717, 1.165) is 5.69 Å². The molecule has 0 atom stereocenters. The van der Waals surface area contributed by atoms with Crippen LogP contribution in [0.3, 0.4) is 0 Å². The first-order valence-corrected chi connectivity index (χ1v) is 21.2. The second kappa shape index (κ2) is 12.2. The molecule has 1 aromatic heterocycles. The lowest BCUT2D eigenvalue weighted by molar-refractivity contribution is 0.708. The van der Waals surface area contributed by atoms with E-state index in [9.17, 15) is 0 Å². The predicted molar refractivity (Wildman–Crippen MR) is 228 cm³/mol. The molecule has 2 aliphatic heterocycles. The first-order valence-electron chi connectivity index (χ1n) is 18.1. The maximum Gasteiger partial charge on any atom is 0.155 e. The van der Waals surface area contributed by atoms with Gasteiger partial charge in [-0.05, 0) is 81.2 Å². The average Bonchev–Trinajstić information content (AvgIpc) is 3.61. The Bertz CT molecular complexity index is 2800. The molecule has 0 aliphatic carbocycles. The van der Waals surface area contributed by atoms with E-state index >= 15 is 0 Å². The predicted octanol–water partition coefficient (Wildman–Crippen LogP) is 11.2. The van der Waals surface area contributed by atoms with E-state index < -0.39 is 14.2 Å². The van der Waals surface area contributed by atoms with Crippen molar-refractivity contribution in [2.24, 2.45) is 0 Å². The summed E-state index contributed by atoms with van der Waals surface area (Å²) >= 11 is 3.79. The van der Waals surface area contributed by atoms with Crippen LogP contribution >= 0.6 is 23.1 Å². The Morgan fingerprint density at radius 2 is 1.04 bits per heavy atom. The number of hydrogen-bond acceptors (Lipinski definition) is 3. The van der Waals surface area contributed by atoms with Crippen molar-refractivity contribution in [3.05, 3.63) is 216 Å². The average molecular weight is 727 g/mol. The van der Waals surface area contributed by atoms with Crippen molar-refractivity contribution in [1.29, 1.82) is 0 Å². The highest BCUT2D eigenvalue weighted by Crippen LogP contribution is 2.56. The molecule has 9 aromatic rings. The monoisotopic (exact) mass is 726 g/mol. The maximum atomic E-state index is 2.56. The van der Waals surface area contributed by atoms with Gasteiger partial charge in [0.05, 0.1) is 15.8 Å². The van der Waals surface area contributed by atoms with Gasteiger partial charge < -0.3 is 4.90 Å². The Balaban J connectivity index is 1.26. The second-order valence-corrected chi connectivity index (χ2v) is 18.3. The fraction of sp³-hybridized carbons (Fsp3) is 0.0204. The number of rotatable bonds is 4. The van der Waals surface area contributed by atoms with Gasteiger partial charge in [-0.2, -0.15) is 0 Å². The second-order valence-electron chi connectivity index (χ2n) is 13.8. The SMILES string of the molecule is c1ccc(N(c2ccc3c(c2)C2(c4ccccc4Sc4ccccc42)c2ccccc2[Si]3c2ccccc2)c2cccc3c2sc2ccccc23)cc1. The van der Waals surface area contributed by atoms with Gasteiger partial charge in [-0.3, -0.25) is 0 Å². The van der Waals surface area contributed by atoms with Gasteiger partial charge in [0.25, 0.3) is 0 Å². The quantitative estimate of drug-likeness (QED) is 0.166. The molecule has 53 heavy (non-hydrogen) atoms. The van der Waals surface area contributed by atoms with Crippen molar-refractivity contribution < 1.29 is 0 Å². The van der Waals surface area contributed by atoms with E-state index in [1.807, 2.05) is 23.1 Å². The zero-order valence-electron chi connectivity index (χ0n) is 28.7. The Kier molecular flexibility index (Phi) is 7.12. The van der Waals surface area contributed by atoms with Crippen LogP contribution in [0.5, 0.6) is 0 Å². The summed E-state index contributed by atoms with van der Waals surface area (Å²) in [6.07, 6.45) is 0. The fourth-order valence-corrected chi connectivity index (χ4v) is 14.3. The van der Waals surface area contributed by atoms with Gasteiger partial charge >= 0.3 is 0 Å². The molecule has 249 valence electrons. The van der Waals surface area contributed by atoms with Gasteiger partial charge in [0.2, 0.25) is 0 Å². The van der Waals surface area contributed by atoms with E-state index in [0.29, 0.717) is 0 Å². The number of fused-ring (bicyclic) bond motifs is 11. The van der Waals surface area contributed by atoms with E-state index in [1.165, 1.54) is 79.2 Å². The van der Waals surface area contributed by atoms with Gasteiger partial charge in [-0.15, -0.1) is 11.3 Å². The number of thiophene rings is 1. The number of anilines is 3. The van der Waals surface area contributed by atoms with E-state index in [4.69, 9.17) is 0 Å². The van der Waals surface area contributed by atoms with Crippen molar-refractivity contribution in [1.82, 2.24) is 0 Å². The molecule has 0 unspecified atom stereocenters. The van der Waals surface area contributed by atoms with Crippen molar-refractivity contribution in [3.63, 3.8) is 0 Å². The van der Waals surface area contributed by atoms with Crippen molar-refractivity contribution in [3.8, 4) is 0 Å². The summed E-state index contributed by atoms with van der Waals surface area (Å²) < 4.78 is 2.61. The van der Waals surface area contributed by atoms with Crippen LogP contribution in [-0.4, -0.2) is 8.80 Å². The minimum Gasteiger partial charge on any atom is -0.309 e. The molecule has 1 nitrogen and oxygen atoms in total. The van der Waals surface area contributed by atoms with Crippen molar-refractivity contribution in [2.45, 2.75) is 15.2 Å². The molecule has 4 heteroatoms. The molecule has 1 radical (unpaired) electrons. The molecule has 0 N–H and O–H groups in total. The lowest BCUT2D eigenvalue weighted by atomic mass is 9.64. The number of benzene rings is 8. The number of hydrogen-bond donors (Lipinski definition) is 0. The Morgan fingerprint density at radius 1 is 0.434 bits per heavy atom. The molecule has 0 saturated carbocycles. The Morgan fingerprint density at radius 3 is 1.81 bits per heavy atom. The van der Waals surface area contributed by atoms with Crippen molar-refractivity contribution in [2.75, 3.05) is 4.90 Å². The molecule has 1 spiro atoms. The summed E-state index contributed by atoms with van der Waals surface area (Å²) in [5, 5.41) is 6.94. The molecule has 3 heterocycles. The van der Waals surface area contributed by atoms with Gasteiger partial charge in [0.15, 0.2) is 8.80 Å². The van der Waals surface area contributed by atoms with E-state index in [2.05, 4.69) is 199 Å². The molecular weight excluding hydrogens is 695 g/mol. The normalized spacial score (nSPS) is 14.0. The van der Waals surface area contributed by atoms with Crippen LogP contribution in [0.15, 0.2) is 204 Å². The summed E-state index contributed by atoms with van der Waals surface area (Å²) in [4.78, 5) is 5.14. The third-order valence-electron chi connectivity index (χ3n) is 11.0. The van der Waals surface area contributed by atoms with Crippen LogP contribution < -0.4 is 20.5 Å². The van der Waals surface area contributed by atoms with Gasteiger partial charge in [-0.1, -0.05) is 163 Å². The minimum atomic E-state index is -1.36.